The molecule has 0 bridgehead atoms. The molecule has 4 rings (SSSR count). The number of aryl methyl sites for hydroxylation is 1. The summed E-state index contributed by atoms with van der Waals surface area (Å²) in [5.74, 6) is 0.596. The Morgan fingerprint density at radius 3 is 3.00 bits per heavy atom. The van der Waals surface area contributed by atoms with E-state index < -0.39 is 0 Å². The molecule has 0 aliphatic carbocycles. The number of hydrogen-bond acceptors (Lipinski definition) is 7. The lowest BCUT2D eigenvalue weighted by Crippen LogP contribution is -2.13. The van der Waals surface area contributed by atoms with Crippen LogP contribution in [0.2, 0.25) is 0 Å². The van der Waals surface area contributed by atoms with Crippen molar-refractivity contribution >= 4 is 33.9 Å². The molecule has 1 aliphatic heterocycles. The summed E-state index contributed by atoms with van der Waals surface area (Å²) in [6.45, 7) is 5.60. The topological polar surface area (TPSA) is 104 Å². The Morgan fingerprint density at radius 2 is 2.21 bits per heavy atom. The molecule has 0 saturated carbocycles. The third-order valence-corrected chi connectivity index (χ3v) is 5.78. The number of carbonyl (C=O) groups is 1. The molecule has 1 fully saturated rings. The summed E-state index contributed by atoms with van der Waals surface area (Å²) in [6, 6.07) is 5.67. The van der Waals surface area contributed by atoms with E-state index in [9.17, 15) is 9.90 Å². The molecule has 1 aromatic carbocycles. The summed E-state index contributed by atoms with van der Waals surface area (Å²) in [5, 5.41) is 24.4. The van der Waals surface area contributed by atoms with E-state index in [2.05, 4.69) is 26.0 Å². The van der Waals surface area contributed by atoms with Gasteiger partial charge < -0.3 is 21.1 Å². The lowest BCUT2D eigenvalue weighted by atomic mass is 10.1. The number of carbonyl (C=O) groups excluding carboxylic acids is 1. The number of phenols is 1. The number of amides is 1. The van der Waals surface area contributed by atoms with Gasteiger partial charge in [0.25, 0.3) is 5.91 Å². The Hall–Kier alpha value is -2.91. The number of nitrogens with zero attached hydrogens (tertiary/aromatic N) is 3. The number of nitrogens with one attached hydrogen (secondary N) is 3. The third-order valence-electron chi connectivity index (χ3n) is 4.86. The first-order valence-corrected chi connectivity index (χ1v) is 9.92. The highest BCUT2D eigenvalue weighted by Gasteiger charge is 2.18. The van der Waals surface area contributed by atoms with Gasteiger partial charge in [0.15, 0.2) is 10.9 Å². The number of aromatic nitrogens is 3. The Labute approximate surface area is 166 Å². The van der Waals surface area contributed by atoms with E-state index in [1.807, 2.05) is 23.9 Å². The van der Waals surface area contributed by atoms with Crippen molar-refractivity contribution in [3.63, 3.8) is 0 Å². The van der Waals surface area contributed by atoms with Gasteiger partial charge in [-0.25, -0.2) is 4.98 Å². The minimum Gasteiger partial charge on any atom is -0.508 e. The second kappa shape index (κ2) is 7.61. The molecule has 28 heavy (non-hydrogen) atoms. The highest BCUT2D eigenvalue weighted by atomic mass is 32.1. The fourth-order valence-electron chi connectivity index (χ4n) is 3.22. The Balaban J connectivity index is 1.44. The van der Waals surface area contributed by atoms with Crippen LogP contribution in [0, 0.1) is 13.8 Å². The van der Waals surface area contributed by atoms with Crippen LogP contribution in [0.1, 0.15) is 33.3 Å². The summed E-state index contributed by atoms with van der Waals surface area (Å²) in [6.07, 6.45) is 4.55. The van der Waals surface area contributed by atoms with Crippen LogP contribution in [0.3, 0.4) is 0 Å². The molecule has 146 valence electrons. The normalized spacial score (nSPS) is 16.3. The second-order valence-corrected chi connectivity index (χ2v) is 7.87. The van der Waals surface area contributed by atoms with E-state index in [1.54, 1.807) is 19.1 Å². The first-order chi connectivity index (χ1) is 13.5. The van der Waals surface area contributed by atoms with Crippen LogP contribution in [0.15, 0.2) is 30.6 Å². The van der Waals surface area contributed by atoms with Crippen LogP contribution in [-0.4, -0.2) is 38.9 Å². The van der Waals surface area contributed by atoms with Crippen LogP contribution >= 0.6 is 11.3 Å². The number of benzene rings is 1. The number of anilines is 3. The maximum absolute atomic E-state index is 12.6. The standard InChI is InChI=1S/C19H22N6O2S/c1-11-3-4-14(26)12(2)17(11)23-18(27)15-10-21-19(28-15)22-16-6-8-25(24-16)13-5-7-20-9-13/h3-4,6,8,10,13,20,26H,5,7,9H2,1-2H3,(H,23,27)(H,21,22,24)/t13-/m1/s1. The quantitative estimate of drug-likeness (QED) is 0.526. The highest BCUT2D eigenvalue weighted by molar-refractivity contribution is 7.17. The third kappa shape index (κ3) is 3.71. The van der Waals surface area contributed by atoms with Crippen LogP contribution in [0.4, 0.5) is 16.6 Å². The maximum Gasteiger partial charge on any atom is 0.267 e. The largest absolute Gasteiger partial charge is 0.508 e. The van der Waals surface area contributed by atoms with Gasteiger partial charge in [-0.15, -0.1) is 0 Å². The number of thiazole rings is 1. The smallest absolute Gasteiger partial charge is 0.267 e. The molecule has 1 aliphatic rings. The summed E-state index contributed by atoms with van der Waals surface area (Å²) in [7, 11) is 0. The van der Waals surface area contributed by atoms with E-state index in [0.29, 0.717) is 33.1 Å². The van der Waals surface area contributed by atoms with E-state index in [4.69, 9.17) is 0 Å². The summed E-state index contributed by atoms with van der Waals surface area (Å²) in [4.78, 5) is 17.4. The molecule has 8 nitrogen and oxygen atoms in total. The molecule has 1 atom stereocenters. The Bertz CT molecular complexity index is 1010. The van der Waals surface area contributed by atoms with Gasteiger partial charge >= 0.3 is 0 Å². The highest BCUT2D eigenvalue weighted by Crippen LogP contribution is 2.29. The molecule has 9 heteroatoms. The van der Waals surface area contributed by atoms with Crippen molar-refractivity contribution in [3.05, 3.63) is 46.6 Å². The molecule has 3 aromatic rings. The number of rotatable bonds is 5. The predicted octanol–water partition coefficient (Wildman–Crippen LogP) is 3.19. The minimum absolute atomic E-state index is 0.153. The fourth-order valence-corrected chi connectivity index (χ4v) is 3.94. The average molecular weight is 398 g/mol. The molecule has 0 radical (unpaired) electrons. The van der Waals surface area contributed by atoms with Gasteiger partial charge in [0.1, 0.15) is 10.6 Å². The van der Waals surface area contributed by atoms with Gasteiger partial charge in [-0.05, 0) is 38.4 Å². The summed E-state index contributed by atoms with van der Waals surface area (Å²) >= 11 is 1.25. The van der Waals surface area contributed by atoms with Gasteiger partial charge in [-0.1, -0.05) is 17.4 Å². The van der Waals surface area contributed by atoms with E-state index in [1.165, 1.54) is 17.5 Å². The van der Waals surface area contributed by atoms with Gasteiger partial charge in [-0.2, -0.15) is 5.10 Å². The zero-order chi connectivity index (χ0) is 19.7. The second-order valence-electron chi connectivity index (χ2n) is 6.84. The number of phenolic OH excluding ortho intramolecular Hbond substituents is 1. The Kier molecular flexibility index (Phi) is 5.01. The van der Waals surface area contributed by atoms with Gasteiger partial charge in [0.2, 0.25) is 0 Å². The molecule has 2 aromatic heterocycles. The molecule has 3 heterocycles. The van der Waals surface area contributed by atoms with Crippen LogP contribution in [0.5, 0.6) is 5.75 Å². The Morgan fingerprint density at radius 1 is 1.36 bits per heavy atom. The van der Waals surface area contributed by atoms with Gasteiger partial charge in [0, 0.05) is 24.4 Å². The average Bonchev–Trinajstić information content (AvgIpc) is 3.43. The van der Waals surface area contributed by atoms with Crippen molar-refractivity contribution in [2.45, 2.75) is 26.3 Å². The molecule has 0 spiro atoms. The summed E-state index contributed by atoms with van der Waals surface area (Å²) < 4.78 is 1.96. The van der Waals surface area contributed by atoms with Crippen molar-refractivity contribution in [1.82, 2.24) is 20.1 Å². The van der Waals surface area contributed by atoms with Crippen LogP contribution < -0.4 is 16.0 Å². The lowest BCUT2D eigenvalue weighted by molar-refractivity contribution is 0.103. The monoisotopic (exact) mass is 398 g/mol. The first-order valence-electron chi connectivity index (χ1n) is 9.10. The maximum atomic E-state index is 12.6. The molecular weight excluding hydrogens is 376 g/mol. The minimum atomic E-state index is -0.259. The summed E-state index contributed by atoms with van der Waals surface area (Å²) in [5.41, 5.74) is 2.15. The first kappa shape index (κ1) is 18.5. The molecule has 1 saturated heterocycles. The van der Waals surface area contributed by atoms with Gasteiger partial charge in [0.05, 0.1) is 17.9 Å². The van der Waals surface area contributed by atoms with Crippen LogP contribution in [-0.2, 0) is 0 Å². The predicted molar refractivity (Wildman–Crippen MR) is 110 cm³/mol. The van der Waals surface area contributed by atoms with Crippen molar-refractivity contribution in [2.75, 3.05) is 23.7 Å². The fraction of sp³-hybridized carbons (Fsp3) is 0.316. The van der Waals surface area contributed by atoms with Crippen LogP contribution in [0.25, 0.3) is 0 Å². The zero-order valence-electron chi connectivity index (χ0n) is 15.7. The van der Waals surface area contributed by atoms with E-state index in [0.717, 1.165) is 25.1 Å². The van der Waals surface area contributed by atoms with Crippen molar-refractivity contribution < 1.29 is 9.90 Å². The molecular formula is C19H22N6O2S. The van der Waals surface area contributed by atoms with E-state index >= 15 is 0 Å². The number of hydrogen-bond donors (Lipinski definition) is 4. The zero-order valence-corrected chi connectivity index (χ0v) is 16.5. The SMILES string of the molecule is Cc1ccc(O)c(C)c1NC(=O)c1cnc(Nc2ccn([C@@H]3CCNC3)n2)s1. The molecule has 0 unspecified atom stereocenters. The lowest BCUT2D eigenvalue weighted by Gasteiger charge is -2.11. The number of aromatic hydroxyl groups is 1. The molecule has 4 N–H and O–H groups in total. The van der Waals surface area contributed by atoms with Gasteiger partial charge in [-0.3, -0.25) is 9.48 Å². The van der Waals surface area contributed by atoms with Crippen molar-refractivity contribution in [2.24, 2.45) is 0 Å². The molecule has 1 amide bonds. The van der Waals surface area contributed by atoms with Crippen molar-refractivity contribution in [3.8, 4) is 5.75 Å². The van der Waals surface area contributed by atoms with E-state index in [-0.39, 0.29) is 11.7 Å². The van der Waals surface area contributed by atoms with Crippen molar-refractivity contribution in [1.29, 1.82) is 0 Å².